The highest BCUT2D eigenvalue weighted by molar-refractivity contribution is 5.89. The summed E-state index contributed by atoms with van der Waals surface area (Å²) in [4.78, 5) is 12.1. The molecule has 3 aromatic rings. The first-order chi connectivity index (χ1) is 14.6. The van der Waals surface area contributed by atoms with E-state index in [1.807, 2.05) is 25.1 Å². The van der Waals surface area contributed by atoms with Crippen molar-refractivity contribution >= 4 is 12.0 Å². The molecule has 0 unspecified atom stereocenters. The lowest BCUT2D eigenvalue weighted by Gasteiger charge is -2.08. The largest absolute Gasteiger partial charge is 0.493 e. The van der Waals surface area contributed by atoms with Gasteiger partial charge in [0.15, 0.2) is 18.1 Å². The van der Waals surface area contributed by atoms with Crippen LogP contribution in [0.15, 0.2) is 72.8 Å². The molecule has 3 aromatic carbocycles. The molecule has 0 fully saturated rings. The molecule has 0 aliphatic heterocycles. The zero-order valence-electron chi connectivity index (χ0n) is 16.8. The highest BCUT2D eigenvalue weighted by Gasteiger charge is 2.06. The van der Waals surface area contributed by atoms with Gasteiger partial charge in [-0.05, 0) is 54.0 Å². The van der Waals surface area contributed by atoms with Gasteiger partial charge in [0.25, 0.3) is 0 Å². The number of nitriles is 1. The Balaban J connectivity index is 1.63. The quantitative estimate of drug-likeness (QED) is 0.311. The first-order valence-electron chi connectivity index (χ1n) is 9.34. The number of hydrogen-bond donors (Lipinski definition) is 0. The number of esters is 1. The van der Waals surface area contributed by atoms with Crippen molar-refractivity contribution in [3.8, 4) is 34.4 Å². The summed E-state index contributed by atoms with van der Waals surface area (Å²) in [7, 11) is 1.51. The van der Waals surface area contributed by atoms with Gasteiger partial charge < -0.3 is 14.2 Å². The van der Waals surface area contributed by atoms with E-state index in [1.165, 1.54) is 18.7 Å². The summed E-state index contributed by atoms with van der Waals surface area (Å²) in [5.74, 6) is 0.931. The maximum Gasteiger partial charge on any atom is 0.336 e. The van der Waals surface area contributed by atoms with E-state index in [9.17, 15) is 4.79 Å². The fraction of sp³-hybridized carbons (Fsp3) is 0.120. The second-order valence-electron chi connectivity index (χ2n) is 6.50. The van der Waals surface area contributed by atoms with Gasteiger partial charge in [-0.1, -0.05) is 48.0 Å². The van der Waals surface area contributed by atoms with E-state index < -0.39 is 5.97 Å². The van der Waals surface area contributed by atoms with Crippen molar-refractivity contribution < 1.29 is 19.0 Å². The molecule has 0 radical (unpaired) electrons. The smallest absolute Gasteiger partial charge is 0.336 e. The summed E-state index contributed by atoms with van der Waals surface area (Å²) >= 11 is 0. The molecule has 0 N–H and O–H groups in total. The lowest BCUT2D eigenvalue weighted by atomic mass is 10.0. The average molecular weight is 399 g/mol. The SMILES string of the molecule is COc1cc(C=CC(=O)Oc2ccc(-c3ccc(C)cc3)cc2)ccc1OCC#N. The van der Waals surface area contributed by atoms with Crippen LogP contribution in [0, 0.1) is 18.3 Å². The average Bonchev–Trinajstić information content (AvgIpc) is 2.77. The number of ether oxygens (including phenoxy) is 3. The highest BCUT2D eigenvalue weighted by atomic mass is 16.5. The Kier molecular flexibility index (Phi) is 6.86. The standard InChI is InChI=1S/C25H21NO4/c1-18-3-7-20(8-4-18)21-9-11-22(12-10-21)30-25(27)14-6-19-5-13-23(29-16-15-26)24(17-19)28-2/h3-14,17H,16H2,1-2H3. The van der Waals surface area contributed by atoms with Gasteiger partial charge in [0.1, 0.15) is 11.8 Å². The number of hydrogen-bond acceptors (Lipinski definition) is 5. The van der Waals surface area contributed by atoms with Gasteiger partial charge >= 0.3 is 5.97 Å². The molecular formula is C25H21NO4. The molecule has 0 spiro atoms. The zero-order chi connectivity index (χ0) is 21.3. The molecule has 5 nitrogen and oxygen atoms in total. The lowest BCUT2D eigenvalue weighted by molar-refractivity contribution is -0.128. The predicted octanol–water partition coefficient (Wildman–Crippen LogP) is 5.19. The van der Waals surface area contributed by atoms with Crippen molar-refractivity contribution in [2.45, 2.75) is 6.92 Å². The molecule has 0 aliphatic carbocycles. The van der Waals surface area contributed by atoms with Gasteiger partial charge in [0, 0.05) is 6.08 Å². The molecule has 0 saturated heterocycles. The highest BCUT2D eigenvalue weighted by Crippen LogP contribution is 2.28. The van der Waals surface area contributed by atoms with Crippen LogP contribution in [0.2, 0.25) is 0 Å². The number of nitrogens with zero attached hydrogens (tertiary/aromatic N) is 1. The molecule has 5 heteroatoms. The Hall–Kier alpha value is -4.04. The third-order valence-corrected chi connectivity index (χ3v) is 4.35. The Morgan fingerprint density at radius 1 is 0.967 bits per heavy atom. The molecule has 3 rings (SSSR count). The van der Waals surface area contributed by atoms with Crippen LogP contribution in [-0.4, -0.2) is 19.7 Å². The Morgan fingerprint density at radius 3 is 2.27 bits per heavy atom. The number of carbonyl (C=O) groups is 1. The lowest BCUT2D eigenvalue weighted by Crippen LogP contribution is -2.03. The molecular weight excluding hydrogens is 378 g/mol. The van der Waals surface area contributed by atoms with Crippen LogP contribution in [-0.2, 0) is 4.79 Å². The van der Waals surface area contributed by atoms with E-state index in [0.29, 0.717) is 17.2 Å². The third kappa shape index (κ3) is 5.49. The van der Waals surface area contributed by atoms with E-state index in [0.717, 1.165) is 16.7 Å². The van der Waals surface area contributed by atoms with E-state index >= 15 is 0 Å². The Labute approximate surface area is 175 Å². The molecule has 0 bridgehead atoms. The van der Waals surface area contributed by atoms with Gasteiger partial charge in [-0.3, -0.25) is 0 Å². The van der Waals surface area contributed by atoms with E-state index in [4.69, 9.17) is 19.5 Å². The monoisotopic (exact) mass is 399 g/mol. The van der Waals surface area contributed by atoms with Crippen LogP contribution < -0.4 is 14.2 Å². The molecule has 0 saturated carbocycles. The van der Waals surface area contributed by atoms with E-state index in [2.05, 4.69) is 24.3 Å². The summed E-state index contributed by atoms with van der Waals surface area (Å²) in [6.45, 7) is 1.98. The van der Waals surface area contributed by atoms with Gasteiger partial charge in [-0.2, -0.15) is 5.26 Å². The molecule has 150 valence electrons. The fourth-order valence-corrected chi connectivity index (χ4v) is 2.79. The molecule has 0 amide bonds. The number of carbonyl (C=O) groups excluding carboxylic acids is 1. The Bertz CT molecular complexity index is 1080. The van der Waals surface area contributed by atoms with Crippen LogP contribution in [0.1, 0.15) is 11.1 Å². The first kappa shape index (κ1) is 20.7. The molecule has 0 atom stereocenters. The first-order valence-corrected chi connectivity index (χ1v) is 9.34. The van der Waals surface area contributed by atoms with E-state index in [-0.39, 0.29) is 6.61 Å². The van der Waals surface area contributed by atoms with Gasteiger partial charge in [0.05, 0.1) is 7.11 Å². The molecule has 0 aromatic heterocycles. The minimum Gasteiger partial charge on any atom is -0.493 e. The van der Waals surface area contributed by atoms with Crippen molar-refractivity contribution in [3.63, 3.8) is 0 Å². The van der Waals surface area contributed by atoms with Crippen molar-refractivity contribution in [3.05, 3.63) is 83.9 Å². The third-order valence-electron chi connectivity index (χ3n) is 4.35. The number of aryl methyl sites for hydroxylation is 1. The van der Waals surface area contributed by atoms with Gasteiger partial charge in [0.2, 0.25) is 0 Å². The number of benzene rings is 3. The van der Waals surface area contributed by atoms with Crippen LogP contribution in [0.3, 0.4) is 0 Å². The minimum absolute atomic E-state index is 0.0689. The summed E-state index contributed by atoms with van der Waals surface area (Å²) in [5, 5.41) is 8.62. The number of methoxy groups -OCH3 is 1. The number of rotatable bonds is 7. The van der Waals surface area contributed by atoms with Crippen molar-refractivity contribution in [2.75, 3.05) is 13.7 Å². The summed E-state index contributed by atoms with van der Waals surface area (Å²) < 4.78 is 15.9. The molecule has 0 aliphatic rings. The van der Waals surface area contributed by atoms with Crippen LogP contribution >= 0.6 is 0 Å². The fourth-order valence-electron chi connectivity index (χ4n) is 2.79. The topological polar surface area (TPSA) is 68.6 Å². The van der Waals surface area contributed by atoms with Crippen LogP contribution in [0.25, 0.3) is 17.2 Å². The van der Waals surface area contributed by atoms with Gasteiger partial charge in [-0.25, -0.2) is 4.79 Å². The summed E-state index contributed by atoms with van der Waals surface area (Å²) in [6.07, 6.45) is 2.97. The Morgan fingerprint density at radius 2 is 1.63 bits per heavy atom. The predicted molar refractivity (Wildman–Crippen MR) is 115 cm³/mol. The van der Waals surface area contributed by atoms with Crippen molar-refractivity contribution in [1.82, 2.24) is 0 Å². The van der Waals surface area contributed by atoms with Crippen molar-refractivity contribution in [1.29, 1.82) is 5.26 Å². The van der Waals surface area contributed by atoms with Crippen LogP contribution in [0.4, 0.5) is 0 Å². The van der Waals surface area contributed by atoms with Gasteiger partial charge in [-0.15, -0.1) is 0 Å². The molecule has 30 heavy (non-hydrogen) atoms. The second kappa shape index (κ2) is 9.94. The molecule has 0 heterocycles. The summed E-state index contributed by atoms with van der Waals surface area (Å²) in [5.41, 5.74) is 4.10. The minimum atomic E-state index is -0.484. The van der Waals surface area contributed by atoms with Crippen molar-refractivity contribution in [2.24, 2.45) is 0 Å². The zero-order valence-corrected chi connectivity index (χ0v) is 16.8. The maximum absolute atomic E-state index is 12.1. The maximum atomic E-state index is 12.1. The van der Waals surface area contributed by atoms with E-state index in [1.54, 1.807) is 36.4 Å². The second-order valence-corrected chi connectivity index (χ2v) is 6.50. The summed E-state index contributed by atoms with van der Waals surface area (Å²) in [6, 6.07) is 22.7. The normalized spacial score (nSPS) is 10.4. The van der Waals surface area contributed by atoms with Crippen LogP contribution in [0.5, 0.6) is 17.2 Å².